The largest absolute Gasteiger partial charge is 0.326 e. The van der Waals surface area contributed by atoms with Crippen LogP contribution >= 0.6 is 11.3 Å². The average Bonchev–Trinajstić information content (AvgIpc) is 3.22. The molecule has 0 aliphatic carbocycles. The number of likely N-dealkylation sites (tertiary alicyclic amines) is 2. The van der Waals surface area contributed by atoms with Crippen molar-refractivity contribution in [1.82, 2.24) is 14.8 Å². The molecule has 2 fully saturated rings. The van der Waals surface area contributed by atoms with Crippen molar-refractivity contribution >= 4 is 17.2 Å². The molecular weight excluding hydrogens is 354 g/mol. The SMILES string of the molecule is Cc1ncsc1C(=O)N1[C@H]2CCCCCN(C)[C@@]2(C)C[C@H]1c1ccccc1. The molecule has 5 heteroatoms. The van der Waals surface area contributed by atoms with Gasteiger partial charge in [-0.2, -0.15) is 0 Å². The highest BCUT2D eigenvalue weighted by atomic mass is 32.1. The molecule has 2 aliphatic heterocycles. The minimum Gasteiger partial charge on any atom is -0.326 e. The maximum atomic E-state index is 13.7. The van der Waals surface area contributed by atoms with Crippen molar-refractivity contribution < 1.29 is 4.79 Å². The number of nitrogens with zero attached hydrogens (tertiary/aromatic N) is 3. The molecule has 2 aromatic rings. The number of likely N-dealkylation sites (N-methyl/N-ethyl adjacent to an activating group) is 1. The van der Waals surface area contributed by atoms with E-state index in [0.717, 1.165) is 30.0 Å². The van der Waals surface area contributed by atoms with Gasteiger partial charge in [0.1, 0.15) is 4.88 Å². The summed E-state index contributed by atoms with van der Waals surface area (Å²) < 4.78 is 0. The molecule has 1 amide bonds. The fourth-order valence-corrected chi connectivity index (χ4v) is 5.73. The second kappa shape index (κ2) is 7.36. The van der Waals surface area contributed by atoms with Crippen LogP contribution in [0.25, 0.3) is 0 Å². The van der Waals surface area contributed by atoms with E-state index in [4.69, 9.17) is 0 Å². The Morgan fingerprint density at radius 3 is 2.70 bits per heavy atom. The van der Waals surface area contributed by atoms with Crippen molar-refractivity contribution in [3.05, 3.63) is 52.0 Å². The molecule has 144 valence electrons. The van der Waals surface area contributed by atoms with Crippen LogP contribution in [0.4, 0.5) is 0 Å². The molecule has 1 aromatic heterocycles. The third-order valence-electron chi connectivity index (χ3n) is 6.70. The summed E-state index contributed by atoms with van der Waals surface area (Å²) in [6, 6.07) is 10.9. The van der Waals surface area contributed by atoms with E-state index in [2.05, 4.69) is 59.1 Å². The number of hydrogen-bond acceptors (Lipinski definition) is 4. The van der Waals surface area contributed by atoms with Crippen molar-refractivity contribution in [3.63, 3.8) is 0 Å². The van der Waals surface area contributed by atoms with Gasteiger partial charge >= 0.3 is 0 Å². The lowest BCUT2D eigenvalue weighted by atomic mass is 9.84. The first-order chi connectivity index (χ1) is 13.0. The van der Waals surface area contributed by atoms with Crippen LogP contribution in [0.5, 0.6) is 0 Å². The lowest BCUT2D eigenvalue weighted by molar-refractivity contribution is 0.0456. The maximum Gasteiger partial charge on any atom is 0.266 e. The zero-order valence-electron chi connectivity index (χ0n) is 16.5. The van der Waals surface area contributed by atoms with Crippen molar-refractivity contribution in [2.24, 2.45) is 0 Å². The van der Waals surface area contributed by atoms with Gasteiger partial charge in [0.25, 0.3) is 5.91 Å². The van der Waals surface area contributed by atoms with Crippen molar-refractivity contribution in [1.29, 1.82) is 0 Å². The summed E-state index contributed by atoms with van der Waals surface area (Å²) in [5, 5.41) is 0. The molecule has 3 atom stereocenters. The third-order valence-corrected chi connectivity index (χ3v) is 7.61. The number of benzene rings is 1. The molecule has 0 bridgehead atoms. The predicted molar refractivity (Wildman–Crippen MR) is 110 cm³/mol. The van der Waals surface area contributed by atoms with Gasteiger partial charge in [-0.15, -0.1) is 11.3 Å². The lowest BCUT2D eigenvalue weighted by Crippen LogP contribution is -2.55. The quantitative estimate of drug-likeness (QED) is 0.756. The first-order valence-corrected chi connectivity index (χ1v) is 10.9. The first kappa shape index (κ1) is 18.6. The number of carbonyl (C=O) groups excluding carboxylic acids is 1. The Morgan fingerprint density at radius 1 is 1.22 bits per heavy atom. The van der Waals surface area contributed by atoms with Crippen molar-refractivity contribution in [3.8, 4) is 0 Å². The normalized spacial score (nSPS) is 29.2. The molecule has 4 nitrogen and oxygen atoms in total. The molecule has 4 rings (SSSR count). The summed E-state index contributed by atoms with van der Waals surface area (Å²) in [6.45, 7) is 5.42. The van der Waals surface area contributed by atoms with E-state index >= 15 is 0 Å². The second-order valence-corrected chi connectivity index (χ2v) is 9.11. The van der Waals surface area contributed by atoms with Crippen LogP contribution in [0.1, 0.15) is 66.0 Å². The molecule has 0 radical (unpaired) electrons. The molecule has 1 aromatic carbocycles. The third kappa shape index (κ3) is 3.21. The van der Waals surface area contributed by atoms with E-state index in [1.807, 2.05) is 6.92 Å². The van der Waals surface area contributed by atoms with Gasteiger partial charge in [0.2, 0.25) is 0 Å². The van der Waals surface area contributed by atoms with E-state index in [0.29, 0.717) is 0 Å². The molecule has 0 N–H and O–H groups in total. The molecule has 0 unspecified atom stereocenters. The van der Waals surface area contributed by atoms with Gasteiger partial charge in [0.05, 0.1) is 23.3 Å². The summed E-state index contributed by atoms with van der Waals surface area (Å²) in [5.74, 6) is 0.159. The number of hydrogen-bond donors (Lipinski definition) is 0. The van der Waals surface area contributed by atoms with Crippen LogP contribution in [-0.4, -0.2) is 45.9 Å². The van der Waals surface area contributed by atoms with Gasteiger partial charge in [-0.1, -0.05) is 43.2 Å². The number of thiazole rings is 1. The topological polar surface area (TPSA) is 36.4 Å². The predicted octanol–water partition coefficient (Wildman–Crippen LogP) is 4.67. The summed E-state index contributed by atoms with van der Waals surface area (Å²) in [5.41, 5.74) is 3.90. The molecule has 0 spiro atoms. The van der Waals surface area contributed by atoms with E-state index in [-0.39, 0.29) is 23.5 Å². The first-order valence-electron chi connectivity index (χ1n) is 10.0. The van der Waals surface area contributed by atoms with Crippen LogP contribution in [0, 0.1) is 6.92 Å². The van der Waals surface area contributed by atoms with Crippen LogP contribution in [0.2, 0.25) is 0 Å². The summed E-state index contributed by atoms with van der Waals surface area (Å²) >= 11 is 1.47. The van der Waals surface area contributed by atoms with Gasteiger partial charge in [0.15, 0.2) is 0 Å². The smallest absolute Gasteiger partial charge is 0.266 e. The minimum absolute atomic E-state index is 0.00911. The fraction of sp³-hybridized carbons (Fsp3) is 0.545. The minimum atomic E-state index is 0.00911. The molecule has 0 saturated carbocycles. The molecular formula is C22H29N3OS. The monoisotopic (exact) mass is 383 g/mol. The number of carbonyl (C=O) groups is 1. The van der Waals surface area contributed by atoms with Crippen LogP contribution in [0.3, 0.4) is 0 Å². The van der Waals surface area contributed by atoms with E-state index < -0.39 is 0 Å². The maximum absolute atomic E-state index is 13.7. The van der Waals surface area contributed by atoms with Crippen LogP contribution < -0.4 is 0 Å². The second-order valence-electron chi connectivity index (χ2n) is 8.25. The number of rotatable bonds is 2. The van der Waals surface area contributed by atoms with E-state index in [9.17, 15) is 4.79 Å². The fourth-order valence-electron chi connectivity index (χ4n) is 4.98. The molecule has 2 aliphatic rings. The number of amides is 1. The summed E-state index contributed by atoms with van der Waals surface area (Å²) in [4.78, 5) is 23.5. The summed E-state index contributed by atoms with van der Waals surface area (Å²) in [6.07, 6.45) is 5.75. The molecule has 2 saturated heterocycles. The van der Waals surface area contributed by atoms with Gasteiger partial charge in [-0.25, -0.2) is 4.98 Å². The molecule has 27 heavy (non-hydrogen) atoms. The van der Waals surface area contributed by atoms with Gasteiger partial charge in [-0.3, -0.25) is 9.69 Å². The zero-order valence-corrected chi connectivity index (χ0v) is 17.3. The Balaban J connectivity index is 1.79. The van der Waals surface area contributed by atoms with E-state index in [1.165, 1.54) is 36.2 Å². The van der Waals surface area contributed by atoms with Crippen molar-refractivity contribution in [2.45, 2.75) is 63.6 Å². The number of aromatic nitrogens is 1. The number of aryl methyl sites for hydroxylation is 1. The Labute approximate surface area is 166 Å². The Hall–Kier alpha value is -1.72. The molecule has 3 heterocycles. The van der Waals surface area contributed by atoms with Crippen molar-refractivity contribution in [2.75, 3.05) is 13.6 Å². The van der Waals surface area contributed by atoms with Crippen LogP contribution in [0.15, 0.2) is 35.8 Å². The zero-order chi connectivity index (χ0) is 19.0. The summed E-state index contributed by atoms with van der Waals surface area (Å²) in [7, 11) is 2.24. The highest BCUT2D eigenvalue weighted by molar-refractivity contribution is 7.11. The van der Waals surface area contributed by atoms with Crippen LogP contribution in [-0.2, 0) is 0 Å². The lowest BCUT2D eigenvalue weighted by Gasteiger charge is -2.43. The standard InChI is InChI=1S/C22H29N3OS/c1-16-20(27-15-23-16)21(26)25-18(17-10-6-4-7-11-17)14-22(2)19(25)12-8-5-9-13-24(22)3/h4,6-7,10-11,15,18-19H,5,8-9,12-14H2,1-3H3/t18-,19-,22-/m0/s1. The highest BCUT2D eigenvalue weighted by Crippen LogP contribution is 2.48. The Kier molecular flexibility index (Phi) is 5.08. The Morgan fingerprint density at radius 2 is 2.00 bits per heavy atom. The number of fused-ring (bicyclic) bond motifs is 1. The van der Waals surface area contributed by atoms with Gasteiger partial charge < -0.3 is 4.90 Å². The Bertz CT molecular complexity index is 805. The highest BCUT2D eigenvalue weighted by Gasteiger charge is 2.53. The van der Waals surface area contributed by atoms with Gasteiger partial charge in [-0.05, 0) is 52.3 Å². The van der Waals surface area contributed by atoms with Gasteiger partial charge in [0, 0.05) is 5.54 Å². The van der Waals surface area contributed by atoms with E-state index in [1.54, 1.807) is 5.51 Å². The average molecular weight is 384 g/mol.